The number of halogens is 1. The van der Waals surface area contributed by atoms with Gasteiger partial charge in [0.2, 0.25) is 5.76 Å². The van der Waals surface area contributed by atoms with Crippen molar-refractivity contribution in [3.8, 4) is 22.8 Å². The number of ether oxygens (including phenoxy) is 3. The van der Waals surface area contributed by atoms with Crippen LogP contribution in [0.25, 0.3) is 11.3 Å². The highest BCUT2D eigenvalue weighted by Crippen LogP contribution is 2.29. The maximum atomic E-state index is 12.4. The van der Waals surface area contributed by atoms with Gasteiger partial charge >= 0.3 is 5.97 Å². The number of rotatable bonds is 8. The zero-order valence-electron chi connectivity index (χ0n) is 17.4. The molecule has 7 nitrogen and oxygen atoms in total. The van der Waals surface area contributed by atoms with Crippen molar-refractivity contribution in [2.45, 2.75) is 6.54 Å². The zero-order valence-corrected chi connectivity index (χ0v) is 18.1. The van der Waals surface area contributed by atoms with E-state index in [1.807, 2.05) is 12.1 Å². The third-order valence-corrected chi connectivity index (χ3v) is 4.90. The van der Waals surface area contributed by atoms with Crippen molar-refractivity contribution in [3.63, 3.8) is 0 Å². The normalized spacial score (nSPS) is 10.5. The second-order valence-electron chi connectivity index (χ2n) is 6.66. The van der Waals surface area contributed by atoms with Crippen LogP contribution in [0.5, 0.6) is 11.5 Å². The van der Waals surface area contributed by atoms with Crippen LogP contribution in [0.1, 0.15) is 16.1 Å². The number of amides is 1. The summed E-state index contributed by atoms with van der Waals surface area (Å²) in [6.45, 7) is -0.0983. The van der Waals surface area contributed by atoms with Gasteiger partial charge in [-0.25, -0.2) is 4.79 Å². The van der Waals surface area contributed by atoms with Crippen molar-refractivity contribution in [3.05, 3.63) is 70.9 Å². The molecule has 2 aromatic carbocycles. The van der Waals surface area contributed by atoms with E-state index in [-0.39, 0.29) is 11.7 Å². The first-order valence-electron chi connectivity index (χ1n) is 9.39. The van der Waals surface area contributed by atoms with Crippen LogP contribution in [0.4, 0.5) is 0 Å². The minimum Gasteiger partial charge on any atom is -0.493 e. The highest BCUT2D eigenvalue weighted by molar-refractivity contribution is 6.33. The predicted octanol–water partition coefficient (Wildman–Crippen LogP) is 4.43. The zero-order chi connectivity index (χ0) is 22.4. The molecule has 0 radical (unpaired) electrons. The van der Waals surface area contributed by atoms with Crippen molar-refractivity contribution in [1.29, 1.82) is 0 Å². The van der Waals surface area contributed by atoms with Crippen LogP contribution in [0, 0.1) is 0 Å². The summed E-state index contributed by atoms with van der Waals surface area (Å²) in [7, 11) is 4.72. The molecular formula is C23H22ClNO6. The van der Waals surface area contributed by atoms with Gasteiger partial charge in [0.25, 0.3) is 5.91 Å². The maximum absolute atomic E-state index is 12.4. The number of hydrogen-bond acceptors (Lipinski definition) is 6. The van der Waals surface area contributed by atoms with Crippen LogP contribution < -0.4 is 9.47 Å². The van der Waals surface area contributed by atoms with Crippen LogP contribution in [0.3, 0.4) is 0 Å². The van der Waals surface area contributed by atoms with Gasteiger partial charge in [-0.2, -0.15) is 0 Å². The van der Waals surface area contributed by atoms with Crippen LogP contribution in [0.15, 0.2) is 59.0 Å². The molecule has 1 heterocycles. The molecule has 0 aliphatic carbocycles. The standard InChI is InChI=1S/C23H22ClNO6/c1-25(13-15-8-9-19(28-2)21(12-15)29-3)22(26)14-30-23(27)20-11-10-18(31-20)16-6-4-5-7-17(16)24/h4-12H,13-14H2,1-3H3. The van der Waals surface area contributed by atoms with Gasteiger partial charge in [0, 0.05) is 19.2 Å². The van der Waals surface area contributed by atoms with E-state index in [4.69, 9.17) is 30.2 Å². The number of furan rings is 1. The van der Waals surface area contributed by atoms with Gasteiger partial charge in [0.1, 0.15) is 5.76 Å². The topological polar surface area (TPSA) is 78.2 Å². The molecule has 0 saturated carbocycles. The summed E-state index contributed by atoms with van der Waals surface area (Å²) in [6, 6.07) is 15.6. The molecule has 0 fully saturated rings. The molecule has 0 spiro atoms. The fourth-order valence-corrected chi connectivity index (χ4v) is 3.13. The SMILES string of the molecule is COc1ccc(CN(C)C(=O)COC(=O)c2ccc(-c3ccccc3Cl)o2)cc1OC. The first kappa shape index (κ1) is 22.2. The van der Waals surface area contributed by atoms with E-state index in [1.165, 1.54) is 11.0 Å². The van der Waals surface area contributed by atoms with Gasteiger partial charge in [-0.3, -0.25) is 4.79 Å². The maximum Gasteiger partial charge on any atom is 0.374 e. The average molecular weight is 444 g/mol. The third-order valence-electron chi connectivity index (χ3n) is 4.57. The second kappa shape index (κ2) is 10.0. The van der Waals surface area contributed by atoms with Crippen molar-refractivity contribution >= 4 is 23.5 Å². The van der Waals surface area contributed by atoms with Crippen molar-refractivity contribution in [1.82, 2.24) is 4.90 Å². The predicted molar refractivity (Wildman–Crippen MR) is 115 cm³/mol. The summed E-state index contributed by atoms with van der Waals surface area (Å²) in [5.74, 6) is 0.509. The Balaban J connectivity index is 1.57. The van der Waals surface area contributed by atoms with E-state index in [0.717, 1.165) is 5.56 Å². The molecule has 8 heteroatoms. The molecule has 3 rings (SSSR count). The van der Waals surface area contributed by atoms with Gasteiger partial charge in [-0.15, -0.1) is 0 Å². The number of esters is 1. The van der Waals surface area contributed by atoms with E-state index >= 15 is 0 Å². The summed E-state index contributed by atoms with van der Waals surface area (Å²) in [4.78, 5) is 26.1. The lowest BCUT2D eigenvalue weighted by atomic mass is 10.2. The van der Waals surface area contributed by atoms with E-state index < -0.39 is 12.6 Å². The highest BCUT2D eigenvalue weighted by atomic mass is 35.5. The quantitative estimate of drug-likeness (QED) is 0.479. The number of methoxy groups -OCH3 is 2. The number of carbonyl (C=O) groups is 2. The van der Waals surface area contributed by atoms with Gasteiger partial charge in [0.15, 0.2) is 18.1 Å². The fourth-order valence-electron chi connectivity index (χ4n) is 2.90. The van der Waals surface area contributed by atoms with E-state index in [1.54, 1.807) is 57.7 Å². The molecule has 162 valence electrons. The molecule has 0 N–H and O–H groups in total. The van der Waals surface area contributed by atoms with Crippen molar-refractivity contribution in [2.24, 2.45) is 0 Å². The summed E-state index contributed by atoms with van der Waals surface area (Å²) < 4.78 is 21.1. The van der Waals surface area contributed by atoms with E-state index in [9.17, 15) is 9.59 Å². The number of likely N-dealkylation sites (N-methyl/N-ethyl adjacent to an activating group) is 1. The molecule has 0 bridgehead atoms. The second-order valence-corrected chi connectivity index (χ2v) is 7.07. The van der Waals surface area contributed by atoms with Crippen molar-refractivity contribution < 1.29 is 28.2 Å². The number of carbonyl (C=O) groups excluding carboxylic acids is 2. The van der Waals surface area contributed by atoms with Crippen LogP contribution in [-0.4, -0.2) is 44.7 Å². The smallest absolute Gasteiger partial charge is 0.374 e. The highest BCUT2D eigenvalue weighted by Gasteiger charge is 2.18. The summed E-state index contributed by atoms with van der Waals surface area (Å²) in [5, 5.41) is 0.503. The summed E-state index contributed by atoms with van der Waals surface area (Å²) in [6.07, 6.45) is 0. The molecule has 1 amide bonds. The van der Waals surface area contributed by atoms with Crippen LogP contribution in [-0.2, 0) is 16.1 Å². The molecule has 0 saturated heterocycles. The molecule has 31 heavy (non-hydrogen) atoms. The lowest BCUT2D eigenvalue weighted by molar-refractivity contribution is -0.133. The molecule has 1 aromatic heterocycles. The molecule has 3 aromatic rings. The minimum absolute atomic E-state index is 0.00902. The number of nitrogens with zero attached hydrogens (tertiary/aromatic N) is 1. The van der Waals surface area contributed by atoms with E-state index in [2.05, 4.69) is 0 Å². The Morgan fingerprint density at radius 1 is 1.00 bits per heavy atom. The largest absolute Gasteiger partial charge is 0.493 e. The lowest BCUT2D eigenvalue weighted by Crippen LogP contribution is -2.30. The van der Waals surface area contributed by atoms with E-state index in [0.29, 0.717) is 34.4 Å². The molecular weight excluding hydrogens is 422 g/mol. The number of hydrogen-bond donors (Lipinski definition) is 0. The van der Waals surface area contributed by atoms with Crippen LogP contribution >= 0.6 is 11.6 Å². The molecule has 0 atom stereocenters. The van der Waals surface area contributed by atoms with Crippen molar-refractivity contribution in [2.75, 3.05) is 27.9 Å². The Kier molecular flexibility index (Phi) is 7.20. The Hall–Kier alpha value is -3.45. The monoisotopic (exact) mass is 443 g/mol. The first-order valence-corrected chi connectivity index (χ1v) is 9.77. The van der Waals surface area contributed by atoms with Gasteiger partial charge < -0.3 is 23.5 Å². The molecule has 0 aliphatic rings. The van der Waals surface area contributed by atoms with Gasteiger partial charge in [0.05, 0.1) is 19.2 Å². The Labute approximate surface area is 185 Å². The fraction of sp³-hybridized carbons (Fsp3) is 0.217. The molecule has 0 aliphatic heterocycles. The Morgan fingerprint density at radius 2 is 1.74 bits per heavy atom. The van der Waals surface area contributed by atoms with Crippen LogP contribution in [0.2, 0.25) is 5.02 Å². The molecule has 0 unspecified atom stereocenters. The summed E-state index contributed by atoms with van der Waals surface area (Å²) >= 11 is 6.15. The number of benzene rings is 2. The minimum atomic E-state index is -0.730. The first-order chi connectivity index (χ1) is 14.9. The Bertz CT molecular complexity index is 1080. The Morgan fingerprint density at radius 3 is 2.45 bits per heavy atom. The summed E-state index contributed by atoms with van der Waals surface area (Å²) in [5.41, 5.74) is 1.50. The van der Waals surface area contributed by atoms with Gasteiger partial charge in [-0.05, 0) is 42.0 Å². The lowest BCUT2D eigenvalue weighted by Gasteiger charge is -2.18. The van der Waals surface area contributed by atoms with Gasteiger partial charge in [-0.1, -0.05) is 29.8 Å². The third kappa shape index (κ3) is 5.38. The average Bonchev–Trinajstić information content (AvgIpc) is 3.27.